The van der Waals surface area contributed by atoms with E-state index in [1.807, 2.05) is 0 Å². The lowest BCUT2D eigenvalue weighted by Gasteiger charge is -2.36. The summed E-state index contributed by atoms with van der Waals surface area (Å²) in [6.07, 6.45) is 3.89. The zero-order chi connectivity index (χ0) is 17.9. The highest BCUT2D eigenvalue weighted by molar-refractivity contribution is 5.69. The summed E-state index contributed by atoms with van der Waals surface area (Å²) in [6.45, 7) is 6.07. The van der Waals surface area contributed by atoms with Gasteiger partial charge in [-0.25, -0.2) is 0 Å². The van der Waals surface area contributed by atoms with Gasteiger partial charge in [-0.05, 0) is 30.6 Å². The van der Waals surface area contributed by atoms with E-state index in [4.69, 9.17) is 4.74 Å². The first kappa shape index (κ1) is 18.2. The SMILES string of the molecule is CC(C)[C@@H]1CC[C@@H](C)C[C@H]1OC(=O)Cn1cc([N+](=O)[O-])ccc1=O. The largest absolute Gasteiger partial charge is 0.461 e. The zero-order valence-corrected chi connectivity index (χ0v) is 14.3. The molecule has 132 valence electrons. The van der Waals surface area contributed by atoms with E-state index in [0.717, 1.165) is 42.2 Å². The average Bonchev–Trinajstić information content (AvgIpc) is 2.48. The highest BCUT2D eigenvalue weighted by atomic mass is 16.6. The van der Waals surface area contributed by atoms with E-state index in [0.29, 0.717) is 17.8 Å². The molecule has 0 bridgehead atoms. The number of rotatable bonds is 5. The molecule has 1 aromatic heterocycles. The maximum Gasteiger partial charge on any atom is 0.326 e. The standard InChI is InChI=1S/C17H24N2O5/c1-11(2)14-6-4-12(3)8-15(14)24-17(21)10-18-9-13(19(22)23)5-7-16(18)20/h5,7,9,11-12,14-15H,4,6,8,10H2,1-3H3/t12-,14+,15-/m1/s1. The second-order valence-electron chi connectivity index (χ2n) is 6.96. The topological polar surface area (TPSA) is 91.4 Å². The predicted molar refractivity (Wildman–Crippen MR) is 88.6 cm³/mol. The van der Waals surface area contributed by atoms with Gasteiger partial charge in [0.2, 0.25) is 0 Å². The number of aromatic nitrogens is 1. The summed E-state index contributed by atoms with van der Waals surface area (Å²) in [7, 11) is 0. The molecule has 24 heavy (non-hydrogen) atoms. The molecule has 1 aliphatic rings. The summed E-state index contributed by atoms with van der Waals surface area (Å²) >= 11 is 0. The van der Waals surface area contributed by atoms with E-state index in [1.165, 1.54) is 0 Å². The average molecular weight is 336 g/mol. The van der Waals surface area contributed by atoms with Gasteiger partial charge in [-0.15, -0.1) is 0 Å². The molecule has 0 N–H and O–H groups in total. The van der Waals surface area contributed by atoms with E-state index in [9.17, 15) is 19.7 Å². The summed E-state index contributed by atoms with van der Waals surface area (Å²) in [5.74, 6) is 0.698. The van der Waals surface area contributed by atoms with Gasteiger partial charge in [0.25, 0.3) is 11.2 Å². The number of pyridine rings is 1. The Bertz CT molecular complexity index is 667. The Hall–Kier alpha value is -2.18. The number of nitro groups is 1. The minimum absolute atomic E-state index is 0.157. The fourth-order valence-corrected chi connectivity index (χ4v) is 3.35. The molecule has 3 atom stereocenters. The molecule has 0 spiro atoms. The van der Waals surface area contributed by atoms with Crippen LogP contribution in [0.4, 0.5) is 5.69 Å². The number of hydrogen-bond acceptors (Lipinski definition) is 5. The molecule has 0 aliphatic heterocycles. The Labute approximate surface area is 140 Å². The minimum atomic E-state index is -0.598. The Balaban J connectivity index is 2.08. The highest BCUT2D eigenvalue weighted by Crippen LogP contribution is 2.35. The number of carbonyl (C=O) groups is 1. The van der Waals surface area contributed by atoms with Gasteiger partial charge < -0.3 is 4.74 Å². The van der Waals surface area contributed by atoms with Gasteiger partial charge in [0.1, 0.15) is 12.6 Å². The lowest BCUT2D eigenvalue weighted by atomic mass is 9.75. The molecule has 2 rings (SSSR count). The first-order valence-corrected chi connectivity index (χ1v) is 8.32. The summed E-state index contributed by atoms with van der Waals surface area (Å²) in [6, 6.07) is 2.22. The van der Waals surface area contributed by atoms with Gasteiger partial charge in [-0.3, -0.25) is 24.3 Å². The fraction of sp³-hybridized carbons (Fsp3) is 0.647. The molecule has 0 saturated heterocycles. The lowest BCUT2D eigenvalue weighted by molar-refractivity contribution is -0.385. The van der Waals surface area contributed by atoms with Gasteiger partial charge >= 0.3 is 5.97 Å². The first-order valence-electron chi connectivity index (χ1n) is 8.32. The van der Waals surface area contributed by atoms with Crippen molar-refractivity contribution in [1.82, 2.24) is 4.57 Å². The number of ether oxygens (including phenoxy) is 1. The van der Waals surface area contributed by atoms with E-state index >= 15 is 0 Å². The molecule has 1 aliphatic carbocycles. The molecule has 1 saturated carbocycles. The number of hydrogen-bond donors (Lipinski definition) is 0. The lowest BCUT2D eigenvalue weighted by Crippen LogP contribution is -2.37. The second-order valence-corrected chi connectivity index (χ2v) is 6.96. The zero-order valence-electron chi connectivity index (χ0n) is 14.3. The maximum atomic E-state index is 12.2. The molecule has 7 nitrogen and oxygen atoms in total. The monoisotopic (exact) mass is 336 g/mol. The Morgan fingerprint density at radius 1 is 1.42 bits per heavy atom. The van der Waals surface area contributed by atoms with Crippen LogP contribution in [0.15, 0.2) is 23.1 Å². The molecule has 0 amide bonds. The van der Waals surface area contributed by atoms with Crippen LogP contribution in [0.1, 0.15) is 40.0 Å². The highest BCUT2D eigenvalue weighted by Gasteiger charge is 2.33. The van der Waals surface area contributed by atoms with Crippen molar-refractivity contribution in [2.45, 2.75) is 52.7 Å². The van der Waals surface area contributed by atoms with Gasteiger partial charge in [-0.1, -0.05) is 27.2 Å². The molecule has 1 aromatic rings. The summed E-state index contributed by atoms with van der Waals surface area (Å²) in [5, 5.41) is 10.8. The molecule has 0 aromatic carbocycles. The van der Waals surface area contributed by atoms with Crippen LogP contribution >= 0.6 is 0 Å². The molecular weight excluding hydrogens is 312 g/mol. The number of carbonyl (C=O) groups excluding carboxylic acids is 1. The normalized spacial score (nSPS) is 23.9. The van der Waals surface area contributed by atoms with E-state index in [2.05, 4.69) is 20.8 Å². The third-order valence-electron chi connectivity index (χ3n) is 4.72. The summed E-state index contributed by atoms with van der Waals surface area (Å²) in [5.41, 5.74) is -0.691. The van der Waals surface area contributed by atoms with Crippen molar-refractivity contribution in [2.75, 3.05) is 0 Å². The molecular formula is C17H24N2O5. The second kappa shape index (κ2) is 7.59. The van der Waals surface area contributed by atoms with Gasteiger partial charge in [0, 0.05) is 12.1 Å². The van der Waals surface area contributed by atoms with Crippen molar-refractivity contribution in [3.8, 4) is 0 Å². The Morgan fingerprint density at radius 3 is 2.75 bits per heavy atom. The van der Waals surface area contributed by atoms with Crippen molar-refractivity contribution < 1.29 is 14.5 Å². The van der Waals surface area contributed by atoms with Gasteiger partial charge in [-0.2, -0.15) is 0 Å². The summed E-state index contributed by atoms with van der Waals surface area (Å²) in [4.78, 5) is 34.2. The van der Waals surface area contributed by atoms with Crippen molar-refractivity contribution in [3.63, 3.8) is 0 Å². The van der Waals surface area contributed by atoms with E-state index in [1.54, 1.807) is 0 Å². The van der Waals surface area contributed by atoms with E-state index in [-0.39, 0.29) is 18.3 Å². The van der Waals surface area contributed by atoms with Crippen LogP contribution < -0.4 is 5.56 Å². The van der Waals surface area contributed by atoms with Crippen molar-refractivity contribution in [1.29, 1.82) is 0 Å². The Kier molecular flexibility index (Phi) is 5.75. The van der Waals surface area contributed by atoms with Crippen LogP contribution in [0.2, 0.25) is 0 Å². The first-order chi connectivity index (χ1) is 11.3. The van der Waals surface area contributed by atoms with Crippen molar-refractivity contribution in [3.05, 3.63) is 38.8 Å². The molecule has 0 unspecified atom stereocenters. The quantitative estimate of drug-likeness (QED) is 0.468. The van der Waals surface area contributed by atoms with Crippen LogP contribution in [0.3, 0.4) is 0 Å². The third kappa shape index (κ3) is 4.43. The molecule has 0 radical (unpaired) electrons. The van der Waals surface area contributed by atoms with Gasteiger partial charge in [0.15, 0.2) is 0 Å². The summed E-state index contributed by atoms with van der Waals surface area (Å²) < 4.78 is 6.65. The van der Waals surface area contributed by atoms with Crippen LogP contribution in [0.25, 0.3) is 0 Å². The number of esters is 1. The molecule has 7 heteroatoms. The maximum absolute atomic E-state index is 12.2. The van der Waals surface area contributed by atoms with Crippen LogP contribution in [0.5, 0.6) is 0 Å². The Morgan fingerprint density at radius 2 is 2.12 bits per heavy atom. The molecule has 1 heterocycles. The number of nitrogens with zero attached hydrogens (tertiary/aromatic N) is 2. The van der Waals surface area contributed by atoms with E-state index < -0.39 is 16.5 Å². The van der Waals surface area contributed by atoms with Crippen molar-refractivity contribution >= 4 is 11.7 Å². The third-order valence-corrected chi connectivity index (χ3v) is 4.72. The smallest absolute Gasteiger partial charge is 0.326 e. The van der Waals surface area contributed by atoms with Gasteiger partial charge in [0.05, 0.1) is 11.1 Å². The predicted octanol–water partition coefficient (Wildman–Crippen LogP) is 2.76. The van der Waals surface area contributed by atoms with Crippen LogP contribution in [-0.2, 0) is 16.1 Å². The van der Waals surface area contributed by atoms with Crippen LogP contribution in [-0.4, -0.2) is 21.6 Å². The fourth-order valence-electron chi connectivity index (χ4n) is 3.35. The molecule has 1 fully saturated rings. The van der Waals surface area contributed by atoms with Crippen molar-refractivity contribution in [2.24, 2.45) is 17.8 Å². The minimum Gasteiger partial charge on any atom is -0.461 e. The van der Waals surface area contributed by atoms with Crippen LogP contribution in [0, 0.1) is 27.9 Å².